The number of sulfone groups is 1. The molecule has 1 heterocycles. The molecule has 1 saturated heterocycles. The van der Waals surface area contributed by atoms with Gasteiger partial charge in [0.05, 0.1) is 5.75 Å². The van der Waals surface area contributed by atoms with E-state index < -0.39 is 9.84 Å². The van der Waals surface area contributed by atoms with Gasteiger partial charge >= 0.3 is 0 Å². The number of rotatable bonds is 5. The summed E-state index contributed by atoms with van der Waals surface area (Å²) in [4.78, 5) is 3.71. The van der Waals surface area contributed by atoms with Crippen LogP contribution in [-0.4, -0.2) is 44.7 Å². The largest absolute Gasteiger partial charge is 0.299 e. The van der Waals surface area contributed by atoms with Gasteiger partial charge in [-0.1, -0.05) is 18.2 Å². The molecule has 0 bridgehead atoms. The molecule has 0 N–H and O–H groups in total. The van der Waals surface area contributed by atoms with Crippen molar-refractivity contribution in [2.24, 2.45) is 5.92 Å². The first-order valence-corrected chi connectivity index (χ1v) is 10.3. The fourth-order valence-electron chi connectivity index (χ4n) is 2.93. The van der Waals surface area contributed by atoms with Gasteiger partial charge in [-0.05, 0) is 43.2 Å². The van der Waals surface area contributed by atoms with Crippen LogP contribution < -0.4 is 0 Å². The Hall–Kier alpha value is -0.520. The third-order valence-electron chi connectivity index (χ3n) is 3.73. The van der Waals surface area contributed by atoms with Crippen LogP contribution in [0.1, 0.15) is 18.4 Å². The third-order valence-corrected chi connectivity index (χ3v) is 5.64. The summed E-state index contributed by atoms with van der Waals surface area (Å²) < 4.78 is 22.9. The van der Waals surface area contributed by atoms with E-state index in [2.05, 4.69) is 35.4 Å². The second kappa shape index (κ2) is 6.96. The maximum atomic E-state index is 11.4. The molecule has 0 saturated carbocycles. The first-order valence-electron chi connectivity index (χ1n) is 7.00. The number of thioether (sulfide) groups is 1. The van der Waals surface area contributed by atoms with Crippen molar-refractivity contribution in [3.05, 3.63) is 29.8 Å². The van der Waals surface area contributed by atoms with Crippen LogP contribution in [0.5, 0.6) is 0 Å². The molecule has 0 radical (unpaired) electrons. The van der Waals surface area contributed by atoms with E-state index in [1.165, 1.54) is 16.7 Å². The molecule has 0 unspecified atom stereocenters. The van der Waals surface area contributed by atoms with Gasteiger partial charge < -0.3 is 0 Å². The van der Waals surface area contributed by atoms with Crippen molar-refractivity contribution < 1.29 is 8.42 Å². The Kier molecular flexibility index (Phi) is 5.52. The van der Waals surface area contributed by atoms with Crippen molar-refractivity contribution in [3.8, 4) is 0 Å². The number of benzene rings is 1. The molecule has 0 spiro atoms. The Balaban J connectivity index is 1.99. The van der Waals surface area contributed by atoms with Gasteiger partial charge in [-0.2, -0.15) is 0 Å². The van der Waals surface area contributed by atoms with Crippen LogP contribution >= 0.6 is 11.8 Å². The second-order valence-electron chi connectivity index (χ2n) is 5.65. The molecule has 1 aliphatic rings. The lowest BCUT2D eigenvalue weighted by molar-refractivity contribution is 0.177. The van der Waals surface area contributed by atoms with Gasteiger partial charge in [0, 0.05) is 24.2 Å². The molecule has 5 heteroatoms. The molecule has 1 aliphatic heterocycles. The lowest BCUT2D eigenvalue weighted by atomic mass is 9.99. The SMILES string of the molecule is CSc1ccccc1CN1CCC[C@H](CS(C)(=O)=O)C1. The quantitative estimate of drug-likeness (QED) is 0.783. The summed E-state index contributed by atoms with van der Waals surface area (Å²) >= 11 is 1.77. The Labute approximate surface area is 126 Å². The molecule has 20 heavy (non-hydrogen) atoms. The minimum absolute atomic E-state index is 0.292. The van der Waals surface area contributed by atoms with Gasteiger partial charge in [-0.3, -0.25) is 4.90 Å². The minimum Gasteiger partial charge on any atom is -0.299 e. The normalized spacial score (nSPS) is 21.0. The van der Waals surface area contributed by atoms with E-state index in [-0.39, 0.29) is 0 Å². The molecule has 1 aromatic carbocycles. The van der Waals surface area contributed by atoms with Crippen molar-refractivity contribution in [1.82, 2.24) is 4.90 Å². The van der Waals surface area contributed by atoms with Crippen molar-refractivity contribution >= 4 is 21.6 Å². The van der Waals surface area contributed by atoms with E-state index in [0.29, 0.717) is 11.7 Å². The fraction of sp³-hybridized carbons (Fsp3) is 0.600. The van der Waals surface area contributed by atoms with E-state index in [0.717, 1.165) is 32.5 Å². The lowest BCUT2D eigenvalue weighted by Crippen LogP contribution is -2.37. The van der Waals surface area contributed by atoms with Gasteiger partial charge in [0.2, 0.25) is 0 Å². The van der Waals surface area contributed by atoms with Crippen LogP contribution in [0.2, 0.25) is 0 Å². The maximum Gasteiger partial charge on any atom is 0.147 e. The summed E-state index contributed by atoms with van der Waals surface area (Å²) in [5.41, 5.74) is 1.35. The van der Waals surface area contributed by atoms with Crippen molar-refractivity contribution in [3.63, 3.8) is 0 Å². The van der Waals surface area contributed by atoms with Crippen molar-refractivity contribution in [2.45, 2.75) is 24.3 Å². The first-order chi connectivity index (χ1) is 9.48. The number of piperidine rings is 1. The average molecular weight is 313 g/mol. The van der Waals surface area contributed by atoms with Crippen LogP contribution in [0.25, 0.3) is 0 Å². The molecule has 1 fully saturated rings. The highest BCUT2D eigenvalue weighted by atomic mass is 32.2. The van der Waals surface area contributed by atoms with Crippen LogP contribution in [0.3, 0.4) is 0 Å². The zero-order valence-corrected chi connectivity index (χ0v) is 13.8. The highest BCUT2D eigenvalue weighted by Gasteiger charge is 2.23. The minimum atomic E-state index is -2.86. The van der Waals surface area contributed by atoms with E-state index in [1.807, 2.05) is 0 Å². The molecule has 1 aromatic rings. The van der Waals surface area contributed by atoms with Crippen LogP contribution in [0.15, 0.2) is 29.2 Å². The van der Waals surface area contributed by atoms with E-state index >= 15 is 0 Å². The van der Waals surface area contributed by atoms with Gasteiger partial charge in [0.25, 0.3) is 0 Å². The zero-order chi connectivity index (χ0) is 14.6. The molecular formula is C15H23NO2S2. The highest BCUT2D eigenvalue weighted by molar-refractivity contribution is 7.98. The van der Waals surface area contributed by atoms with Gasteiger partial charge in [0.1, 0.15) is 9.84 Å². The Morgan fingerprint density at radius 2 is 2.10 bits per heavy atom. The average Bonchev–Trinajstić information content (AvgIpc) is 2.38. The Morgan fingerprint density at radius 3 is 2.80 bits per heavy atom. The molecule has 112 valence electrons. The van der Waals surface area contributed by atoms with Gasteiger partial charge in [0.15, 0.2) is 0 Å². The predicted octanol–water partition coefficient (Wildman–Crippen LogP) is 2.67. The van der Waals surface area contributed by atoms with Crippen LogP contribution in [0.4, 0.5) is 0 Å². The van der Waals surface area contributed by atoms with Crippen LogP contribution in [-0.2, 0) is 16.4 Å². The van der Waals surface area contributed by atoms with Crippen LogP contribution in [0, 0.1) is 5.92 Å². The smallest absolute Gasteiger partial charge is 0.147 e. The van der Waals surface area contributed by atoms with Crippen molar-refractivity contribution in [2.75, 3.05) is 31.4 Å². The second-order valence-corrected chi connectivity index (χ2v) is 8.68. The van der Waals surface area contributed by atoms with Crippen molar-refractivity contribution in [1.29, 1.82) is 0 Å². The summed E-state index contributed by atoms with van der Waals surface area (Å²) in [5, 5.41) is 0. The fourth-order valence-corrected chi connectivity index (χ4v) is 4.67. The maximum absolute atomic E-state index is 11.4. The molecule has 0 amide bonds. The number of hydrogen-bond donors (Lipinski definition) is 0. The number of hydrogen-bond acceptors (Lipinski definition) is 4. The highest BCUT2D eigenvalue weighted by Crippen LogP contribution is 2.24. The van der Waals surface area contributed by atoms with E-state index in [9.17, 15) is 8.42 Å². The zero-order valence-electron chi connectivity index (χ0n) is 12.2. The van der Waals surface area contributed by atoms with Gasteiger partial charge in [-0.15, -0.1) is 11.8 Å². The topological polar surface area (TPSA) is 37.4 Å². The van der Waals surface area contributed by atoms with E-state index in [1.54, 1.807) is 11.8 Å². The lowest BCUT2D eigenvalue weighted by Gasteiger charge is -2.32. The molecule has 1 atom stereocenters. The van der Waals surface area contributed by atoms with Gasteiger partial charge in [-0.25, -0.2) is 8.42 Å². The molecule has 0 aliphatic carbocycles. The van der Waals surface area contributed by atoms with E-state index in [4.69, 9.17) is 0 Å². The number of likely N-dealkylation sites (tertiary alicyclic amines) is 1. The summed E-state index contributed by atoms with van der Waals surface area (Å²) in [6.45, 7) is 2.90. The number of nitrogens with zero attached hydrogens (tertiary/aromatic N) is 1. The third kappa shape index (κ3) is 4.79. The standard InChI is InChI=1S/C15H23NO2S2/c1-19-15-8-4-3-7-14(15)11-16-9-5-6-13(10-16)12-20(2,17)18/h3-4,7-8,13H,5-6,9-12H2,1-2H3/t13-/m0/s1. The first kappa shape index (κ1) is 15.9. The predicted molar refractivity (Wildman–Crippen MR) is 85.9 cm³/mol. The molecular weight excluding hydrogens is 290 g/mol. The molecule has 0 aromatic heterocycles. The Bertz CT molecular complexity index is 543. The summed E-state index contributed by atoms with van der Waals surface area (Å²) in [5.74, 6) is 0.619. The summed E-state index contributed by atoms with van der Waals surface area (Å²) in [7, 11) is -2.86. The molecule has 2 rings (SSSR count). The monoisotopic (exact) mass is 313 g/mol. The Morgan fingerprint density at radius 1 is 1.35 bits per heavy atom. The summed E-state index contributed by atoms with van der Waals surface area (Å²) in [6.07, 6.45) is 5.58. The summed E-state index contributed by atoms with van der Waals surface area (Å²) in [6, 6.07) is 8.47. The molecule has 3 nitrogen and oxygen atoms in total.